The Labute approximate surface area is 90.4 Å². The Balaban J connectivity index is 2.86. The van der Waals surface area contributed by atoms with Crippen molar-refractivity contribution < 1.29 is 4.74 Å². The van der Waals surface area contributed by atoms with Crippen molar-refractivity contribution in [3.63, 3.8) is 0 Å². The summed E-state index contributed by atoms with van der Waals surface area (Å²) in [5.41, 5.74) is 1.89. The molecule has 4 nitrogen and oxygen atoms in total. The zero-order valence-corrected chi connectivity index (χ0v) is 9.45. The van der Waals surface area contributed by atoms with Crippen LogP contribution in [0.3, 0.4) is 0 Å². The number of nitrogens with zero attached hydrogens (tertiary/aromatic N) is 2. The molecule has 0 fully saturated rings. The van der Waals surface area contributed by atoms with Crippen molar-refractivity contribution in [1.82, 2.24) is 15.5 Å². The monoisotopic (exact) mass is 207 g/mol. The van der Waals surface area contributed by atoms with Gasteiger partial charge in [0.25, 0.3) is 0 Å². The number of methoxy groups -OCH3 is 1. The van der Waals surface area contributed by atoms with Crippen LogP contribution in [0.25, 0.3) is 0 Å². The van der Waals surface area contributed by atoms with E-state index >= 15 is 0 Å². The SMILES string of the molecule is C=C(C)C(NCC)c1ccc(OC)nn1. The summed E-state index contributed by atoms with van der Waals surface area (Å²) in [5.74, 6) is 0.524. The van der Waals surface area contributed by atoms with E-state index in [4.69, 9.17) is 4.74 Å². The van der Waals surface area contributed by atoms with Gasteiger partial charge in [0, 0.05) is 6.07 Å². The van der Waals surface area contributed by atoms with Gasteiger partial charge in [0.1, 0.15) is 0 Å². The van der Waals surface area contributed by atoms with Crippen molar-refractivity contribution in [2.75, 3.05) is 13.7 Å². The normalized spacial score (nSPS) is 12.2. The molecular formula is C11H17N3O. The lowest BCUT2D eigenvalue weighted by molar-refractivity contribution is 0.390. The smallest absolute Gasteiger partial charge is 0.233 e. The molecular weight excluding hydrogens is 190 g/mol. The van der Waals surface area contributed by atoms with Crippen LogP contribution in [0.4, 0.5) is 0 Å². The molecule has 0 aliphatic carbocycles. The minimum atomic E-state index is 0.0633. The van der Waals surface area contributed by atoms with Crippen LogP contribution in [0.1, 0.15) is 25.6 Å². The highest BCUT2D eigenvalue weighted by molar-refractivity contribution is 5.20. The summed E-state index contributed by atoms with van der Waals surface area (Å²) >= 11 is 0. The zero-order chi connectivity index (χ0) is 11.3. The molecule has 0 saturated carbocycles. The van der Waals surface area contributed by atoms with Gasteiger partial charge in [-0.2, -0.15) is 0 Å². The van der Waals surface area contributed by atoms with E-state index in [1.165, 1.54) is 0 Å². The third-order valence-corrected chi connectivity index (χ3v) is 2.07. The first kappa shape index (κ1) is 11.7. The number of rotatable bonds is 5. The van der Waals surface area contributed by atoms with Gasteiger partial charge in [-0.1, -0.05) is 19.1 Å². The van der Waals surface area contributed by atoms with Crippen molar-refractivity contribution in [1.29, 1.82) is 0 Å². The highest BCUT2D eigenvalue weighted by atomic mass is 16.5. The second kappa shape index (κ2) is 5.46. The quantitative estimate of drug-likeness (QED) is 0.747. The molecule has 0 aliphatic rings. The zero-order valence-electron chi connectivity index (χ0n) is 9.45. The van der Waals surface area contributed by atoms with E-state index in [1.54, 1.807) is 13.2 Å². The lowest BCUT2D eigenvalue weighted by Gasteiger charge is -2.16. The highest BCUT2D eigenvalue weighted by Gasteiger charge is 2.12. The molecule has 1 aromatic rings. The molecule has 0 aliphatic heterocycles. The van der Waals surface area contributed by atoms with Gasteiger partial charge in [0.15, 0.2) is 0 Å². The number of nitrogens with one attached hydrogen (secondary N) is 1. The number of hydrogen-bond acceptors (Lipinski definition) is 4. The molecule has 15 heavy (non-hydrogen) atoms. The summed E-state index contributed by atoms with van der Waals surface area (Å²) in [7, 11) is 1.57. The minimum Gasteiger partial charge on any atom is -0.480 e. The van der Waals surface area contributed by atoms with E-state index < -0.39 is 0 Å². The molecule has 1 aromatic heterocycles. The molecule has 0 radical (unpaired) electrons. The van der Waals surface area contributed by atoms with E-state index in [-0.39, 0.29) is 6.04 Å². The lowest BCUT2D eigenvalue weighted by Crippen LogP contribution is -2.22. The predicted octanol–water partition coefficient (Wildman–Crippen LogP) is 1.71. The van der Waals surface area contributed by atoms with Crippen molar-refractivity contribution in [2.45, 2.75) is 19.9 Å². The van der Waals surface area contributed by atoms with Crippen molar-refractivity contribution in [2.24, 2.45) is 0 Å². The van der Waals surface area contributed by atoms with Crippen LogP contribution in [0.2, 0.25) is 0 Å². The minimum absolute atomic E-state index is 0.0633. The summed E-state index contributed by atoms with van der Waals surface area (Å²) in [6.45, 7) is 8.82. The Morgan fingerprint density at radius 2 is 2.27 bits per heavy atom. The maximum Gasteiger partial charge on any atom is 0.233 e. The van der Waals surface area contributed by atoms with Crippen molar-refractivity contribution in [3.8, 4) is 5.88 Å². The number of ether oxygens (including phenoxy) is 1. The summed E-state index contributed by atoms with van der Waals surface area (Å²) in [4.78, 5) is 0. The van der Waals surface area contributed by atoms with Gasteiger partial charge in [-0.15, -0.1) is 10.2 Å². The molecule has 0 saturated heterocycles. The van der Waals surface area contributed by atoms with Crippen LogP contribution in [0, 0.1) is 0 Å². The molecule has 1 N–H and O–H groups in total. The maximum atomic E-state index is 4.95. The molecule has 1 atom stereocenters. The van der Waals surface area contributed by atoms with Gasteiger partial charge in [-0.25, -0.2) is 0 Å². The Hall–Kier alpha value is -1.42. The van der Waals surface area contributed by atoms with Crippen LogP contribution >= 0.6 is 0 Å². The molecule has 0 amide bonds. The van der Waals surface area contributed by atoms with E-state index in [9.17, 15) is 0 Å². The van der Waals surface area contributed by atoms with Gasteiger partial charge in [0.05, 0.1) is 18.8 Å². The number of likely N-dealkylation sites (N-methyl/N-ethyl adjacent to an activating group) is 1. The van der Waals surface area contributed by atoms with Crippen molar-refractivity contribution in [3.05, 3.63) is 30.0 Å². The van der Waals surface area contributed by atoms with E-state index in [0.717, 1.165) is 17.8 Å². The van der Waals surface area contributed by atoms with Crippen LogP contribution in [0.5, 0.6) is 5.88 Å². The summed E-state index contributed by atoms with van der Waals surface area (Å²) in [6, 6.07) is 3.76. The van der Waals surface area contributed by atoms with Crippen molar-refractivity contribution >= 4 is 0 Å². The Morgan fingerprint density at radius 1 is 1.53 bits per heavy atom. The first-order valence-corrected chi connectivity index (χ1v) is 4.95. The molecule has 1 rings (SSSR count). The Bertz CT molecular complexity index is 321. The maximum absolute atomic E-state index is 4.95. The second-order valence-electron chi connectivity index (χ2n) is 3.34. The van der Waals surface area contributed by atoms with Crippen LogP contribution in [-0.4, -0.2) is 23.9 Å². The van der Waals surface area contributed by atoms with Gasteiger partial charge in [-0.3, -0.25) is 0 Å². The lowest BCUT2D eigenvalue weighted by atomic mass is 10.1. The Morgan fingerprint density at radius 3 is 2.67 bits per heavy atom. The molecule has 0 aromatic carbocycles. The Kier molecular flexibility index (Phi) is 4.24. The van der Waals surface area contributed by atoms with Crippen LogP contribution in [-0.2, 0) is 0 Å². The summed E-state index contributed by atoms with van der Waals surface area (Å²) < 4.78 is 4.95. The molecule has 0 bridgehead atoms. The molecule has 1 heterocycles. The van der Waals surface area contributed by atoms with E-state index in [2.05, 4.69) is 22.1 Å². The third-order valence-electron chi connectivity index (χ3n) is 2.07. The molecule has 0 spiro atoms. The largest absolute Gasteiger partial charge is 0.480 e. The first-order chi connectivity index (χ1) is 7.19. The number of hydrogen-bond donors (Lipinski definition) is 1. The number of aromatic nitrogens is 2. The van der Waals surface area contributed by atoms with Crippen LogP contribution in [0.15, 0.2) is 24.3 Å². The van der Waals surface area contributed by atoms with Gasteiger partial charge < -0.3 is 10.1 Å². The average molecular weight is 207 g/mol. The topological polar surface area (TPSA) is 47.0 Å². The summed E-state index contributed by atoms with van der Waals surface area (Å²) in [6.07, 6.45) is 0. The van der Waals surface area contributed by atoms with Gasteiger partial charge in [0.2, 0.25) is 5.88 Å². The van der Waals surface area contributed by atoms with Gasteiger partial charge >= 0.3 is 0 Å². The fourth-order valence-electron chi connectivity index (χ4n) is 1.33. The summed E-state index contributed by atoms with van der Waals surface area (Å²) in [5, 5.41) is 11.3. The van der Waals surface area contributed by atoms with E-state index in [0.29, 0.717) is 5.88 Å². The highest BCUT2D eigenvalue weighted by Crippen LogP contribution is 2.18. The fourth-order valence-corrected chi connectivity index (χ4v) is 1.33. The standard InChI is InChI=1S/C11H17N3O/c1-5-12-11(8(2)3)9-6-7-10(15-4)14-13-9/h6-7,11-12H,2,5H2,1,3-4H3. The van der Waals surface area contributed by atoms with Crippen LogP contribution < -0.4 is 10.1 Å². The first-order valence-electron chi connectivity index (χ1n) is 4.95. The predicted molar refractivity (Wildman–Crippen MR) is 59.8 cm³/mol. The molecule has 1 unspecified atom stereocenters. The second-order valence-corrected chi connectivity index (χ2v) is 3.34. The average Bonchev–Trinajstić information content (AvgIpc) is 2.26. The third kappa shape index (κ3) is 3.02. The van der Waals surface area contributed by atoms with E-state index in [1.807, 2.05) is 19.9 Å². The van der Waals surface area contributed by atoms with Gasteiger partial charge in [-0.05, 0) is 19.5 Å². The fraction of sp³-hybridized carbons (Fsp3) is 0.455. The molecule has 82 valence electrons. The molecule has 4 heteroatoms.